The highest BCUT2D eigenvalue weighted by atomic mass is 16.5. The van der Waals surface area contributed by atoms with Gasteiger partial charge in [0, 0.05) is 12.1 Å². The van der Waals surface area contributed by atoms with E-state index < -0.39 is 0 Å². The molecule has 1 aromatic heterocycles. The fraction of sp³-hybridized carbons (Fsp3) is 0.688. The molecule has 0 aromatic carbocycles. The maximum Gasteiger partial charge on any atom is 0.132 e. The Morgan fingerprint density at radius 1 is 1.32 bits per heavy atom. The van der Waals surface area contributed by atoms with E-state index in [1.54, 1.807) is 0 Å². The number of hydrogen-bond acceptors (Lipinski definition) is 5. The van der Waals surface area contributed by atoms with Crippen LogP contribution in [0.2, 0.25) is 0 Å². The molecular weight excluding hydrogens is 280 g/mol. The van der Waals surface area contributed by atoms with Gasteiger partial charge in [0.1, 0.15) is 11.6 Å². The molecular formula is C16H26N4O2. The first-order valence-corrected chi connectivity index (χ1v) is 8.31. The Labute approximate surface area is 131 Å². The molecule has 3 aliphatic heterocycles. The summed E-state index contributed by atoms with van der Waals surface area (Å²) in [6.07, 6.45) is 4.60. The predicted octanol–water partition coefficient (Wildman–Crippen LogP) is 1.88. The molecule has 1 aromatic rings. The minimum Gasteiger partial charge on any atom is -0.390 e. The summed E-state index contributed by atoms with van der Waals surface area (Å²) >= 11 is 0. The number of ether oxygens (including phenoxy) is 1. The van der Waals surface area contributed by atoms with E-state index in [9.17, 15) is 5.11 Å². The van der Waals surface area contributed by atoms with Gasteiger partial charge in [-0.2, -0.15) is 5.10 Å². The number of nitrogens with zero attached hydrogens (tertiary/aromatic N) is 3. The summed E-state index contributed by atoms with van der Waals surface area (Å²) in [5, 5.41) is 17.2. The topological polar surface area (TPSA) is 62.5 Å². The van der Waals surface area contributed by atoms with Crippen molar-refractivity contribution in [3.8, 4) is 0 Å². The zero-order valence-electron chi connectivity index (χ0n) is 13.6. The van der Waals surface area contributed by atoms with Crippen LogP contribution in [0.25, 0.3) is 5.82 Å². The first kappa shape index (κ1) is 15.4. The first-order chi connectivity index (χ1) is 10.8. The lowest BCUT2D eigenvalue weighted by Gasteiger charge is -2.40. The normalized spacial score (nSPS) is 29.2. The van der Waals surface area contributed by atoms with E-state index in [1.165, 1.54) is 12.8 Å². The lowest BCUT2D eigenvalue weighted by atomic mass is 10.2. The second-order valence-electron chi connectivity index (χ2n) is 5.88. The summed E-state index contributed by atoms with van der Waals surface area (Å²) < 4.78 is 7.60. The average molecular weight is 306 g/mol. The summed E-state index contributed by atoms with van der Waals surface area (Å²) in [7, 11) is 0. The Balaban J connectivity index is 0.000000693. The fourth-order valence-corrected chi connectivity index (χ4v) is 3.55. The van der Waals surface area contributed by atoms with Crippen molar-refractivity contribution >= 4 is 11.6 Å². The van der Waals surface area contributed by atoms with E-state index in [1.807, 2.05) is 24.6 Å². The lowest BCUT2D eigenvalue weighted by molar-refractivity contribution is 0.0122. The third kappa shape index (κ3) is 2.50. The summed E-state index contributed by atoms with van der Waals surface area (Å²) in [4.78, 5) is 2.47. The molecule has 22 heavy (non-hydrogen) atoms. The molecule has 0 saturated carbocycles. The monoisotopic (exact) mass is 306 g/mol. The van der Waals surface area contributed by atoms with Crippen molar-refractivity contribution in [3.05, 3.63) is 17.8 Å². The predicted molar refractivity (Wildman–Crippen MR) is 86.3 cm³/mol. The standard InChI is InChI=1S/C14H20N4O2.C2H6/c1-9-4-14(17-11-2-3-12(17)8-20-7-11)18-13(15-9)5-10(6-19)16-18;1-2/h4-5,9,11-12,15,19H,2-3,6-8H2,1H3;1-2H3. The van der Waals surface area contributed by atoms with Gasteiger partial charge in [0.25, 0.3) is 0 Å². The molecule has 122 valence electrons. The minimum atomic E-state index is -0.0285. The van der Waals surface area contributed by atoms with Crippen LogP contribution in [-0.4, -0.2) is 51.1 Å². The number of fused-ring (bicyclic) bond motifs is 3. The van der Waals surface area contributed by atoms with Crippen molar-refractivity contribution in [2.45, 2.75) is 58.3 Å². The quantitative estimate of drug-likeness (QED) is 0.873. The van der Waals surface area contributed by atoms with Crippen LogP contribution in [0.3, 0.4) is 0 Å². The molecule has 2 N–H and O–H groups in total. The Kier molecular flexibility index (Phi) is 4.40. The third-order valence-electron chi connectivity index (χ3n) is 4.42. The van der Waals surface area contributed by atoms with Crippen LogP contribution in [0.4, 0.5) is 5.82 Å². The van der Waals surface area contributed by atoms with Gasteiger partial charge in [-0.3, -0.25) is 0 Å². The average Bonchev–Trinajstić information content (AvgIpc) is 3.06. The highest BCUT2D eigenvalue weighted by Gasteiger charge is 2.40. The van der Waals surface area contributed by atoms with E-state index in [2.05, 4.69) is 28.3 Å². The molecule has 0 amide bonds. The number of aliphatic hydroxyl groups is 1. The molecule has 4 rings (SSSR count). The molecule has 2 saturated heterocycles. The van der Waals surface area contributed by atoms with Crippen molar-refractivity contribution in [2.24, 2.45) is 0 Å². The van der Waals surface area contributed by atoms with Crippen LogP contribution < -0.4 is 5.32 Å². The summed E-state index contributed by atoms with van der Waals surface area (Å²) in [6.45, 7) is 7.72. The SMILES string of the molecule is CC.CC1C=C(N2C3CCC2COC3)n2nc(CO)cc2N1. The van der Waals surface area contributed by atoms with Crippen LogP contribution in [0, 0.1) is 0 Å². The van der Waals surface area contributed by atoms with Crippen LogP contribution >= 0.6 is 0 Å². The zero-order valence-corrected chi connectivity index (χ0v) is 13.6. The van der Waals surface area contributed by atoms with Gasteiger partial charge < -0.3 is 20.1 Å². The maximum atomic E-state index is 9.31. The number of aliphatic hydroxyl groups excluding tert-OH is 1. The van der Waals surface area contributed by atoms with Gasteiger partial charge in [0.15, 0.2) is 0 Å². The van der Waals surface area contributed by atoms with E-state index >= 15 is 0 Å². The van der Waals surface area contributed by atoms with Crippen LogP contribution in [0.15, 0.2) is 12.1 Å². The second kappa shape index (κ2) is 6.30. The molecule has 2 fully saturated rings. The summed E-state index contributed by atoms with van der Waals surface area (Å²) in [5.41, 5.74) is 0.702. The van der Waals surface area contributed by atoms with E-state index in [0.717, 1.165) is 24.9 Å². The van der Waals surface area contributed by atoms with Crippen LogP contribution in [0.5, 0.6) is 0 Å². The number of anilines is 1. The van der Waals surface area contributed by atoms with Gasteiger partial charge >= 0.3 is 0 Å². The largest absolute Gasteiger partial charge is 0.390 e. The zero-order chi connectivity index (χ0) is 15.7. The number of rotatable bonds is 2. The Morgan fingerprint density at radius 2 is 2.00 bits per heavy atom. The van der Waals surface area contributed by atoms with Gasteiger partial charge in [-0.05, 0) is 25.8 Å². The van der Waals surface area contributed by atoms with E-state index in [-0.39, 0.29) is 12.6 Å². The lowest BCUT2D eigenvalue weighted by Crippen LogP contribution is -2.47. The molecule has 3 aliphatic rings. The molecule has 3 unspecified atom stereocenters. The second-order valence-corrected chi connectivity index (χ2v) is 5.88. The molecule has 0 spiro atoms. The van der Waals surface area contributed by atoms with Crippen molar-refractivity contribution in [2.75, 3.05) is 18.5 Å². The van der Waals surface area contributed by atoms with Crippen LogP contribution in [0.1, 0.15) is 39.3 Å². The van der Waals surface area contributed by atoms with Gasteiger partial charge in [-0.15, -0.1) is 0 Å². The van der Waals surface area contributed by atoms with Gasteiger partial charge in [-0.25, -0.2) is 4.68 Å². The van der Waals surface area contributed by atoms with Gasteiger partial charge in [0.05, 0.1) is 37.6 Å². The van der Waals surface area contributed by atoms with E-state index in [4.69, 9.17) is 4.74 Å². The Hall–Kier alpha value is -1.53. The van der Waals surface area contributed by atoms with Crippen molar-refractivity contribution < 1.29 is 9.84 Å². The van der Waals surface area contributed by atoms with Crippen LogP contribution in [-0.2, 0) is 11.3 Å². The molecule has 4 heterocycles. The fourth-order valence-electron chi connectivity index (χ4n) is 3.55. The number of hydrogen-bond donors (Lipinski definition) is 2. The number of nitrogens with one attached hydrogen (secondary N) is 1. The first-order valence-electron chi connectivity index (χ1n) is 8.31. The molecule has 2 bridgehead atoms. The molecule has 0 radical (unpaired) electrons. The number of aromatic nitrogens is 2. The minimum absolute atomic E-state index is 0.0285. The van der Waals surface area contributed by atoms with Crippen molar-refractivity contribution in [1.29, 1.82) is 0 Å². The highest BCUT2D eigenvalue weighted by Crippen LogP contribution is 2.36. The van der Waals surface area contributed by atoms with Crippen molar-refractivity contribution in [1.82, 2.24) is 14.7 Å². The summed E-state index contributed by atoms with van der Waals surface area (Å²) in [6, 6.07) is 3.11. The summed E-state index contributed by atoms with van der Waals surface area (Å²) in [5.74, 6) is 2.10. The molecule has 0 aliphatic carbocycles. The third-order valence-corrected chi connectivity index (χ3v) is 4.42. The van der Waals surface area contributed by atoms with Crippen molar-refractivity contribution in [3.63, 3.8) is 0 Å². The van der Waals surface area contributed by atoms with E-state index in [0.29, 0.717) is 17.8 Å². The Bertz CT molecular complexity index is 538. The highest BCUT2D eigenvalue weighted by molar-refractivity contribution is 5.59. The maximum absolute atomic E-state index is 9.31. The van der Waals surface area contributed by atoms with Gasteiger partial charge in [0.2, 0.25) is 0 Å². The number of morpholine rings is 1. The van der Waals surface area contributed by atoms with Gasteiger partial charge in [-0.1, -0.05) is 13.8 Å². The molecule has 6 heteroatoms. The molecule has 3 atom stereocenters. The smallest absolute Gasteiger partial charge is 0.132 e. The molecule has 6 nitrogen and oxygen atoms in total. The Morgan fingerprint density at radius 3 is 2.64 bits per heavy atom.